The molecular weight excluding hydrogens is 460 g/mol. The maximum atomic E-state index is 11.7. The smallest absolute Gasteiger partial charge is 0.335 e. The number of allylic oxidation sites excluding steroid dienone is 1. The van der Waals surface area contributed by atoms with E-state index in [-0.39, 0.29) is 24.9 Å². The third kappa shape index (κ3) is 5.91. The van der Waals surface area contributed by atoms with Gasteiger partial charge >= 0.3 is 5.97 Å². The summed E-state index contributed by atoms with van der Waals surface area (Å²) in [6.07, 6.45) is 17.3. The summed E-state index contributed by atoms with van der Waals surface area (Å²) in [6, 6.07) is 0. The van der Waals surface area contributed by atoms with Crippen LogP contribution in [0.1, 0.15) is 105 Å². The molecule has 0 aromatic carbocycles. The minimum absolute atomic E-state index is 0.0908. The van der Waals surface area contributed by atoms with Crippen molar-refractivity contribution in [2.45, 2.75) is 111 Å². The molecule has 4 nitrogen and oxygen atoms in total. The third-order valence-electron chi connectivity index (χ3n) is 11.4. The van der Waals surface area contributed by atoms with Crippen molar-refractivity contribution in [2.75, 3.05) is 19.8 Å². The van der Waals surface area contributed by atoms with Crippen LogP contribution in [0.4, 0.5) is 0 Å². The van der Waals surface area contributed by atoms with Gasteiger partial charge in [-0.1, -0.05) is 72.1 Å². The van der Waals surface area contributed by atoms with E-state index in [0.717, 1.165) is 48.3 Å². The van der Waals surface area contributed by atoms with Crippen molar-refractivity contribution in [2.24, 2.45) is 46.3 Å². The van der Waals surface area contributed by atoms with Crippen LogP contribution >= 0.6 is 0 Å². The monoisotopic (exact) mass is 514 g/mol. The van der Waals surface area contributed by atoms with E-state index < -0.39 is 5.97 Å². The Labute approximate surface area is 226 Å². The molecule has 3 fully saturated rings. The van der Waals surface area contributed by atoms with E-state index in [2.05, 4.69) is 47.3 Å². The summed E-state index contributed by atoms with van der Waals surface area (Å²) in [7, 11) is 0. The second kappa shape index (κ2) is 11.9. The molecule has 4 aliphatic rings. The molecule has 0 saturated heterocycles. The van der Waals surface area contributed by atoms with E-state index in [1.54, 1.807) is 5.57 Å². The Hall–Kier alpha value is -1.13. The molecule has 210 valence electrons. The predicted molar refractivity (Wildman–Crippen MR) is 150 cm³/mol. The highest BCUT2D eigenvalue weighted by Crippen LogP contribution is 2.67. The normalized spacial score (nSPS) is 37.8. The molecule has 0 aromatic rings. The van der Waals surface area contributed by atoms with E-state index in [1.807, 2.05) is 0 Å². The van der Waals surface area contributed by atoms with Crippen molar-refractivity contribution in [1.82, 2.24) is 0 Å². The Bertz CT molecular complexity index is 845. The van der Waals surface area contributed by atoms with Gasteiger partial charge in [0.15, 0.2) is 0 Å². The van der Waals surface area contributed by atoms with E-state index in [0.29, 0.717) is 17.4 Å². The number of hydrogen-bond acceptors (Lipinski definition) is 4. The molecule has 1 unspecified atom stereocenters. The quantitative estimate of drug-likeness (QED) is 0.134. The average molecular weight is 515 g/mol. The lowest BCUT2D eigenvalue weighted by Gasteiger charge is -2.58. The highest BCUT2D eigenvalue weighted by molar-refractivity contribution is 5.87. The molecule has 4 aliphatic carbocycles. The molecule has 0 bridgehead atoms. The summed E-state index contributed by atoms with van der Waals surface area (Å²) in [5.41, 5.74) is 2.60. The van der Waals surface area contributed by atoms with E-state index >= 15 is 0 Å². The Kier molecular flexibility index (Phi) is 9.32. The van der Waals surface area contributed by atoms with Gasteiger partial charge in [-0.2, -0.15) is 0 Å². The third-order valence-corrected chi connectivity index (χ3v) is 11.4. The average Bonchev–Trinajstić information content (AvgIpc) is 3.23. The van der Waals surface area contributed by atoms with Gasteiger partial charge in [-0.05, 0) is 97.7 Å². The van der Waals surface area contributed by atoms with E-state index in [1.165, 1.54) is 57.8 Å². The zero-order valence-electron chi connectivity index (χ0n) is 24.4. The molecular formula is C33H54O4. The first-order valence-corrected chi connectivity index (χ1v) is 15.4. The zero-order valence-corrected chi connectivity index (χ0v) is 24.4. The van der Waals surface area contributed by atoms with E-state index in [9.17, 15) is 4.79 Å². The van der Waals surface area contributed by atoms with Crippen molar-refractivity contribution in [3.8, 4) is 0 Å². The molecule has 0 heterocycles. The fourth-order valence-corrected chi connectivity index (χ4v) is 9.31. The summed E-state index contributed by atoms with van der Waals surface area (Å²) in [4.78, 5) is 11.7. The number of hydrogen-bond donors (Lipinski definition) is 1. The van der Waals surface area contributed by atoms with Crippen LogP contribution in [-0.2, 0) is 14.3 Å². The fourth-order valence-electron chi connectivity index (χ4n) is 9.31. The van der Waals surface area contributed by atoms with Crippen molar-refractivity contribution in [1.29, 1.82) is 0 Å². The number of carbonyl (C=O) groups is 1. The van der Waals surface area contributed by atoms with Gasteiger partial charge in [-0.25, -0.2) is 4.79 Å². The van der Waals surface area contributed by atoms with Gasteiger partial charge in [0.2, 0.25) is 0 Å². The van der Waals surface area contributed by atoms with Crippen LogP contribution in [0.5, 0.6) is 0 Å². The summed E-state index contributed by atoms with van der Waals surface area (Å²) in [6.45, 7) is 16.3. The Morgan fingerprint density at radius 1 is 1.08 bits per heavy atom. The summed E-state index contributed by atoms with van der Waals surface area (Å²) < 4.78 is 11.3. The molecule has 8 atom stereocenters. The Balaban J connectivity index is 1.33. The second-order valence-electron chi connectivity index (χ2n) is 13.9. The first-order chi connectivity index (χ1) is 17.6. The molecule has 1 N–H and O–H groups in total. The van der Waals surface area contributed by atoms with Crippen LogP contribution in [0.15, 0.2) is 23.8 Å². The van der Waals surface area contributed by atoms with Crippen molar-refractivity contribution < 1.29 is 19.4 Å². The number of aliphatic hydroxyl groups excluding tert-OH is 1. The summed E-state index contributed by atoms with van der Waals surface area (Å²) >= 11 is 0. The van der Waals surface area contributed by atoms with Crippen molar-refractivity contribution in [3.63, 3.8) is 0 Å². The Morgan fingerprint density at radius 3 is 2.59 bits per heavy atom. The summed E-state index contributed by atoms with van der Waals surface area (Å²) in [5.74, 6) is 4.65. The standard InChI is InChI=1S/C33H54O4/c1-22(2)8-7-9-23(3)28-12-13-29-27-11-10-25-20-26(36-18-19-37-31(35)24(4)21-34)14-16-32(25,5)30(27)15-17-33(28,29)6/h10,22-23,26-30,34H,4,7-9,11-21H2,1-3,5-6H3/t23-,26+,27+,28?,29+,30+,32+,33-/m1/s1. The molecule has 3 saturated carbocycles. The van der Waals surface area contributed by atoms with Crippen LogP contribution < -0.4 is 0 Å². The molecule has 0 aliphatic heterocycles. The van der Waals surface area contributed by atoms with Gasteiger partial charge in [0, 0.05) is 0 Å². The van der Waals surface area contributed by atoms with Gasteiger partial charge in [0.05, 0.1) is 24.9 Å². The maximum Gasteiger partial charge on any atom is 0.335 e. The number of rotatable bonds is 11. The number of carbonyl (C=O) groups excluding carboxylic acids is 1. The molecule has 4 heteroatoms. The van der Waals surface area contributed by atoms with E-state index in [4.69, 9.17) is 14.6 Å². The van der Waals surface area contributed by atoms with Gasteiger partial charge in [0.1, 0.15) is 6.61 Å². The topological polar surface area (TPSA) is 55.8 Å². The molecule has 37 heavy (non-hydrogen) atoms. The number of aliphatic hydroxyl groups is 1. The van der Waals surface area contributed by atoms with Gasteiger partial charge in [-0.15, -0.1) is 0 Å². The van der Waals surface area contributed by atoms with Crippen LogP contribution in [0.3, 0.4) is 0 Å². The SMILES string of the molecule is C=C(CO)C(=O)OCCO[C@H]1CC[C@@]2(C)C(=CC[C@@H]3[C@@H]2CC[C@]2(C)C([C@H](C)CCCC(C)C)CC[C@@H]32)C1. The highest BCUT2D eigenvalue weighted by Gasteiger charge is 2.59. The van der Waals surface area contributed by atoms with Gasteiger partial charge in [-0.3, -0.25) is 0 Å². The lowest BCUT2D eigenvalue weighted by molar-refractivity contribution is -0.142. The lowest BCUT2D eigenvalue weighted by Crippen LogP contribution is -2.51. The van der Waals surface area contributed by atoms with Crippen LogP contribution in [0, 0.1) is 46.3 Å². The largest absolute Gasteiger partial charge is 0.460 e. The first-order valence-electron chi connectivity index (χ1n) is 15.4. The second-order valence-corrected chi connectivity index (χ2v) is 13.9. The molecule has 0 spiro atoms. The van der Waals surface area contributed by atoms with Crippen LogP contribution in [0.25, 0.3) is 0 Å². The highest BCUT2D eigenvalue weighted by atomic mass is 16.6. The number of fused-ring (bicyclic) bond motifs is 5. The van der Waals surface area contributed by atoms with Crippen LogP contribution in [-0.4, -0.2) is 37.0 Å². The van der Waals surface area contributed by atoms with Gasteiger partial charge < -0.3 is 14.6 Å². The van der Waals surface area contributed by atoms with Crippen molar-refractivity contribution in [3.05, 3.63) is 23.8 Å². The summed E-state index contributed by atoms with van der Waals surface area (Å²) in [5, 5.41) is 8.99. The molecule has 0 aromatic heterocycles. The van der Waals surface area contributed by atoms with Gasteiger partial charge in [0.25, 0.3) is 0 Å². The van der Waals surface area contributed by atoms with Crippen LogP contribution in [0.2, 0.25) is 0 Å². The maximum absolute atomic E-state index is 11.7. The minimum atomic E-state index is -0.535. The van der Waals surface area contributed by atoms with Crippen molar-refractivity contribution >= 4 is 5.97 Å². The lowest BCUT2D eigenvalue weighted by atomic mass is 9.47. The number of esters is 1. The first kappa shape index (κ1) is 28.9. The minimum Gasteiger partial charge on any atom is -0.460 e. The zero-order chi connectivity index (χ0) is 26.8. The molecule has 0 amide bonds. The number of ether oxygens (including phenoxy) is 2. The predicted octanol–water partition coefficient (Wildman–Crippen LogP) is 7.50. The Morgan fingerprint density at radius 2 is 1.86 bits per heavy atom. The molecule has 4 rings (SSSR count). The fraction of sp³-hybridized carbons (Fsp3) is 0.848. The molecule has 0 radical (unpaired) electrons.